The molecule has 2 unspecified atom stereocenters. The van der Waals surface area contributed by atoms with Crippen LogP contribution in [0.5, 0.6) is 0 Å². The number of alkyl halides is 2. The van der Waals surface area contributed by atoms with E-state index in [9.17, 15) is 19.1 Å². The molecule has 10 atom stereocenters. The lowest BCUT2D eigenvalue weighted by atomic mass is 9.97. The van der Waals surface area contributed by atoms with E-state index in [1.54, 1.807) is 0 Å². The molecule has 4 aromatic heterocycles. The Morgan fingerprint density at radius 2 is 1.80 bits per heavy atom. The number of nitrogens with one attached hydrogen (secondary N) is 1. The van der Waals surface area contributed by atoms with Crippen molar-refractivity contribution in [2.24, 2.45) is 0 Å². The fourth-order valence-corrected chi connectivity index (χ4v) is 7.68. The number of rotatable bonds is 2. The Labute approximate surface area is 258 Å². The number of pyridine rings is 1. The van der Waals surface area contributed by atoms with Gasteiger partial charge in [-0.25, -0.2) is 18.3 Å². The molecule has 7 N–H and O–H groups in total. The number of nitrogens with two attached hydrogens (primary N) is 2. The average Bonchev–Trinajstić information content (AvgIpc) is 3.71. The van der Waals surface area contributed by atoms with E-state index in [1.165, 1.54) is 12.3 Å². The van der Waals surface area contributed by atoms with E-state index >= 15 is 8.78 Å². The van der Waals surface area contributed by atoms with Crippen LogP contribution in [0.4, 0.5) is 20.4 Å². The molecule has 0 aromatic carbocycles. The topological polar surface area (TPSA) is 285 Å². The summed E-state index contributed by atoms with van der Waals surface area (Å²) in [5, 5.41) is 15.3. The smallest absolute Gasteiger partial charge is 0.397 e. The second kappa shape index (κ2) is 11.0. The number of H-pyrrole nitrogens is 1. The molecule has 7 rings (SSSR count). The molecule has 0 saturated carbocycles. The number of nitrogen functional groups attached to an aromatic ring is 2. The summed E-state index contributed by atoms with van der Waals surface area (Å²) >= 11 is 5.15. The van der Waals surface area contributed by atoms with Crippen LogP contribution in [0.15, 0.2) is 17.1 Å². The minimum Gasteiger partial charge on any atom is -0.397 e. The van der Waals surface area contributed by atoms with Gasteiger partial charge in [0.1, 0.15) is 18.3 Å². The molecule has 3 aliphatic heterocycles. The van der Waals surface area contributed by atoms with Crippen molar-refractivity contribution in [2.45, 2.75) is 55.6 Å². The van der Waals surface area contributed by atoms with E-state index in [0.29, 0.717) is 0 Å². The molecule has 0 amide bonds. The molecule has 21 nitrogen and oxygen atoms in total. The van der Waals surface area contributed by atoms with Gasteiger partial charge >= 0.3 is 14.5 Å². The molecule has 248 valence electrons. The Bertz CT molecular complexity index is 2000. The predicted octanol–water partition coefficient (Wildman–Crippen LogP) is -0.486. The van der Waals surface area contributed by atoms with Crippen LogP contribution in [0.1, 0.15) is 19.4 Å². The molecule has 7 heterocycles. The zero-order chi connectivity index (χ0) is 32.8. The number of nitrogens with zero attached hydrogens (tertiary/aromatic N) is 8. The SMILES string of the molecule is C[C@]1(F)[C@H]2COP(=O)(O)O[C@H]3[C@H](F)[C@H](n4nnc5c(N)ccnc54)O[C@@H]3COP(O)(=S)O[C@H]1[C@H](n1nnc3c(=O)[nH]c(N)nc31)O2. The van der Waals surface area contributed by atoms with Gasteiger partial charge in [-0.1, -0.05) is 10.4 Å². The van der Waals surface area contributed by atoms with Crippen LogP contribution in [-0.2, 0) is 43.9 Å². The third-order valence-electron chi connectivity index (χ3n) is 7.54. The van der Waals surface area contributed by atoms with Gasteiger partial charge in [0.05, 0.1) is 18.9 Å². The standard InChI is InChI=1S/C20H23F2N11O10P2S/c1-20(22)8-5-38-44(35,36)42-12-7(40-17(9(12)21)32-14-10(28-30-32)6(23)2-3-25-14)4-39-45(37,46)43-13(20)18(41-8)33-15-11(29-31-33)16(34)27-19(24)26-15/h2-3,7-9,12-13,17-18H,4-5H2,1H3,(H2,23,25)(H,35,36)(H,37,46)(H3,24,26,27,34)/t7-,8-,9+,12-,13+,17-,18-,20+,45?/m1/s1. The van der Waals surface area contributed by atoms with Crippen LogP contribution >= 0.6 is 14.5 Å². The Kier molecular flexibility index (Phi) is 7.49. The summed E-state index contributed by atoms with van der Waals surface area (Å²) in [4.78, 5) is 44.2. The monoisotopic (exact) mass is 709 g/mol. The molecule has 46 heavy (non-hydrogen) atoms. The Hall–Kier alpha value is -3.15. The Morgan fingerprint density at radius 3 is 2.57 bits per heavy atom. The molecule has 3 aliphatic rings. The normalized spacial score (nSPS) is 38.8. The number of phosphoric acid groups is 1. The van der Waals surface area contributed by atoms with E-state index in [4.69, 9.17) is 50.8 Å². The van der Waals surface area contributed by atoms with Crippen molar-refractivity contribution < 1.29 is 50.7 Å². The maximum Gasteiger partial charge on any atom is 0.472 e. The van der Waals surface area contributed by atoms with Crippen molar-refractivity contribution in [3.8, 4) is 0 Å². The van der Waals surface area contributed by atoms with Gasteiger partial charge in [-0.3, -0.25) is 23.3 Å². The number of aromatic amines is 1. The molecule has 2 bridgehead atoms. The van der Waals surface area contributed by atoms with E-state index in [2.05, 4.69) is 35.6 Å². The molecule has 0 aliphatic carbocycles. The highest BCUT2D eigenvalue weighted by atomic mass is 32.5. The van der Waals surface area contributed by atoms with Gasteiger partial charge in [0.25, 0.3) is 5.56 Å². The van der Waals surface area contributed by atoms with Gasteiger partial charge in [0.15, 0.2) is 52.7 Å². The molecule has 3 saturated heterocycles. The molecular weight excluding hydrogens is 686 g/mol. The lowest BCUT2D eigenvalue weighted by molar-refractivity contribution is -0.0688. The number of fused-ring (bicyclic) bond motifs is 5. The highest BCUT2D eigenvalue weighted by Gasteiger charge is 2.60. The minimum atomic E-state index is -5.20. The highest BCUT2D eigenvalue weighted by Crippen LogP contribution is 2.56. The fraction of sp³-hybridized carbons (Fsp3) is 0.550. The summed E-state index contributed by atoms with van der Waals surface area (Å²) in [6.45, 7) is -5.26. The number of anilines is 2. The lowest BCUT2D eigenvalue weighted by Crippen LogP contribution is -2.43. The molecule has 3 fully saturated rings. The molecule has 4 aromatic rings. The van der Waals surface area contributed by atoms with Gasteiger partial charge in [0.2, 0.25) is 5.95 Å². The predicted molar refractivity (Wildman–Crippen MR) is 150 cm³/mol. The van der Waals surface area contributed by atoms with Crippen molar-refractivity contribution in [3.05, 3.63) is 22.6 Å². The number of aromatic nitrogens is 9. The van der Waals surface area contributed by atoms with Gasteiger partial charge in [-0.15, -0.1) is 10.2 Å². The van der Waals surface area contributed by atoms with Gasteiger partial charge < -0.3 is 35.3 Å². The van der Waals surface area contributed by atoms with Crippen molar-refractivity contribution in [1.82, 2.24) is 44.9 Å². The second-order valence-electron chi connectivity index (χ2n) is 10.6. The van der Waals surface area contributed by atoms with Crippen molar-refractivity contribution >= 4 is 60.3 Å². The zero-order valence-electron chi connectivity index (χ0n) is 23.1. The molecule has 26 heteroatoms. The van der Waals surface area contributed by atoms with Crippen LogP contribution in [0.3, 0.4) is 0 Å². The van der Waals surface area contributed by atoms with E-state index in [-0.39, 0.29) is 34.0 Å². The minimum absolute atomic E-state index is 0.0299. The maximum absolute atomic E-state index is 16.4. The summed E-state index contributed by atoms with van der Waals surface area (Å²) in [7, 11) is -5.20. The second-order valence-corrected chi connectivity index (χ2v) is 14.8. The Balaban J connectivity index is 1.23. The third-order valence-corrected chi connectivity index (χ3v) is 10.1. The van der Waals surface area contributed by atoms with Gasteiger partial charge in [-0.2, -0.15) is 14.3 Å². The van der Waals surface area contributed by atoms with E-state index in [1.807, 2.05) is 0 Å². The summed E-state index contributed by atoms with van der Waals surface area (Å²) in [6.07, 6.45) is -11.2. The van der Waals surface area contributed by atoms with Crippen LogP contribution in [0.2, 0.25) is 0 Å². The molecular formula is C20H23F2N11O10P2S. The molecule has 0 spiro atoms. The summed E-state index contributed by atoms with van der Waals surface area (Å²) in [5.41, 5.74) is 7.94. The van der Waals surface area contributed by atoms with Crippen LogP contribution in [0.25, 0.3) is 22.3 Å². The summed E-state index contributed by atoms with van der Waals surface area (Å²) in [5.74, 6) is -0.329. The van der Waals surface area contributed by atoms with Crippen molar-refractivity contribution in [2.75, 3.05) is 24.7 Å². The maximum atomic E-state index is 16.4. The average molecular weight is 709 g/mol. The molecule has 0 radical (unpaired) electrons. The van der Waals surface area contributed by atoms with Gasteiger partial charge in [-0.05, 0) is 24.8 Å². The number of halogens is 2. The number of ether oxygens (including phenoxy) is 2. The lowest BCUT2D eigenvalue weighted by Gasteiger charge is -2.30. The first-order chi connectivity index (χ1) is 21.6. The first-order valence-electron chi connectivity index (χ1n) is 13.2. The third kappa shape index (κ3) is 5.28. The van der Waals surface area contributed by atoms with Crippen molar-refractivity contribution in [1.29, 1.82) is 0 Å². The van der Waals surface area contributed by atoms with E-state index in [0.717, 1.165) is 16.3 Å². The van der Waals surface area contributed by atoms with Crippen LogP contribution < -0.4 is 17.0 Å². The first-order valence-corrected chi connectivity index (χ1v) is 17.3. The fourth-order valence-electron chi connectivity index (χ4n) is 5.28. The quantitative estimate of drug-likeness (QED) is 0.164. The number of hydrogen-bond acceptors (Lipinski definition) is 17. The highest BCUT2D eigenvalue weighted by molar-refractivity contribution is 8.07. The van der Waals surface area contributed by atoms with E-state index < -0.39 is 82.0 Å². The number of hydrogen-bond donors (Lipinski definition) is 5. The first kappa shape index (κ1) is 31.4. The number of phosphoric ester groups is 1. The van der Waals surface area contributed by atoms with Crippen LogP contribution in [-0.4, -0.2) is 104 Å². The Morgan fingerprint density at radius 1 is 1.09 bits per heavy atom. The van der Waals surface area contributed by atoms with Crippen LogP contribution in [0, 0.1) is 0 Å². The summed E-state index contributed by atoms with van der Waals surface area (Å²) < 4.78 is 80.0. The summed E-state index contributed by atoms with van der Waals surface area (Å²) in [6, 6.07) is 1.45. The largest absolute Gasteiger partial charge is 0.472 e. The van der Waals surface area contributed by atoms with Crippen molar-refractivity contribution in [3.63, 3.8) is 0 Å². The zero-order valence-corrected chi connectivity index (χ0v) is 25.7. The van der Waals surface area contributed by atoms with Gasteiger partial charge in [0, 0.05) is 6.20 Å².